The average molecular weight is 283 g/mol. The lowest BCUT2D eigenvalue weighted by Gasteiger charge is -2.30. The van der Waals surface area contributed by atoms with Gasteiger partial charge in [0, 0.05) is 18.6 Å². The second kappa shape index (κ2) is 7.76. The van der Waals surface area contributed by atoms with E-state index in [1.807, 2.05) is 13.0 Å². The maximum Gasteiger partial charge on any atom is 0.0642 e. The number of halogens is 1. The predicted octanol–water partition coefficient (Wildman–Crippen LogP) is 4.76. The quantitative estimate of drug-likeness (QED) is 0.730. The Morgan fingerprint density at radius 2 is 1.89 bits per heavy atom. The number of unbranched alkanes of at least 4 members (excludes halogenated alkanes) is 2. The molecule has 0 saturated heterocycles. The highest BCUT2D eigenvalue weighted by Crippen LogP contribution is 2.30. The third-order valence-electron chi connectivity index (χ3n) is 3.43. The summed E-state index contributed by atoms with van der Waals surface area (Å²) in [6.45, 7) is 9.68. The summed E-state index contributed by atoms with van der Waals surface area (Å²) in [6, 6.07) is 6.67. The van der Waals surface area contributed by atoms with Crippen LogP contribution in [0.1, 0.15) is 58.6 Å². The monoisotopic (exact) mass is 282 g/mol. The summed E-state index contributed by atoms with van der Waals surface area (Å²) in [5.74, 6) is 0. The van der Waals surface area contributed by atoms with Gasteiger partial charge in [0.1, 0.15) is 0 Å². The molecule has 0 saturated carbocycles. The minimum absolute atomic E-state index is 0.0270. The Balaban J connectivity index is 2.90. The minimum Gasteiger partial charge on any atom is -0.368 e. The first kappa shape index (κ1) is 16.3. The second-order valence-electron chi connectivity index (χ2n) is 5.49. The van der Waals surface area contributed by atoms with Gasteiger partial charge in [0.2, 0.25) is 0 Å². The first-order chi connectivity index (χ1) is 8.97. The maximum absolute atomic E-state index is 6.43. The van der Waals surface area contributed by atoms with Gasteiger partial charge in [0.25, 0.3) is 0 Å². The Morgan fingerprint density at radius 3 is 2.37 bits per heavy atom. The molecule has 0 amide bonds. The molecular formula is C16H27ClN2. The molecule has 0 aliphatic rings. The van der Waals surface area contributed by atoms with Gasteiger partial charge in [-0.05, 0) is 44.9 Å². The van der Waals surface area contributed by atoms with Crippen LogP contribution in [0.5, 0.6) is 0 Å². The number of hydrogen-bond acceptors (Lipinski definition) is 2. The molecule has 19 heavy (non-hydrogen) atoms. The van der Waals surface area contributed by atoms with E-state index in [0.717, 1.165) is 22.8 Å². The van der Waals surface area contributed by atoms with Crippen molar-refractivity contribution in [1.29, 1.82) is 0 Å². The molecule has 3 heteroatoms. The molecule has 0 fully saturated rings. The van der Waals surface area contributed by atoms with E-state index in [1.54, 1.807) is 0 Å². The zero-order valence-electron chi connectivity index (χ0n) is 12.6. The van der Waals surface area contributed by atoms with Crippen LogP contribution in [0.15, 0.2) is 18.2 Å². The lowest BCUT2D eigenvalue weighted by atomic mass is 10.1. The van der Waals surface area contributed by atoms with Gasteiger partial charge in [-0.25, -0.2) is 0 Å². The summed E-state index contributed by atoms with van der Waals surface area (Å²) in [5.41, 5.74) is 8.11. The fourth-order valence-corrected chi connectivity index (χ4v) is 2.53. The zero-order chi connectivity index (χ0) is 14.4. The van der Waals surface area contributed by atoms with Crippen molar-refractivity contribution in [3.8, 4) is 0 Å². The van der Waals surface area contributed by atoms with Crippen LogP contribution in [-0.2, 0) is 0 Å². The molecule has 0 bridgehead atoms. The summed E-state index contributed by atoms with van der Waals surface area (Å²) in [4.78, 5) is 2.38. The predicted molar refractivity (Wildman–Crippen MR) is 86.1 cm³/mol. The summed E-state index contributed by atoms with van der Waals surface area (Å²) < 4.78 is 0. The third kappa shape index (κ3) is 4.70. The van der Waals surface area contributed by atoms with Crippen LogP contribution in [0.4, 0.5) is 5.69 Å². The summed E-state index contributed by atoms with van der Waals surface area (Å²) in [6.07, 6.45) is 3.71. The van der Waals surface area contributed by atoms with E-state index in [2.05, 4.69) is 37.8 Å². The van der Waals surface area contributed by atoms with Gasteiger partial charge >= 0.3 is 0 Å². The maximum atomic E-state index is 6.43. The van der Waals surface area contributed by atoms with Crippen LogP contribution in [-0.4, -0.2) is 12.6 Å². The van der Waals surface area contributed by atoms with Crippen molar-refractivity contribution in [3.05, 3.63) is 28.8 Å². The molecule has 0 radical (unpaired) electrons. The molecule has 108 valence electrons. The van der Waals surface area contributed by atoms with E-state index < -0.39 is 0 Å². The normalized spacial score (nSPS) is 12.8. The molecule has 0 aliphatic carbocycles. The van der Waals surface area contributed by atoms with E-state index in [-0.39, 0.29) is 6.04 Å². The molecule has 1 rings (SSSR count). The molecule has 1 aromatic rings. The first-order valence-electron chi connectivity index (χ1n) is 7.29. The van der Waals surface area contributed by atoms with Crippen LogP contribution >= 0.6 is 11.6 Å². The summed E-state index contributed by atoms with van der Waals surface area (Å²) in [7, 11) is 0. The van der Waals surface area contributed by atoms with E-state index in [1.165, 1.54) is 19.3 Å². The lowest BCUT2D eigenvalue weighted by Crippen LogP contribution is -2.32. The number of benzene rings is 1. The van der Waals surface area contributed by atoms with Crippen molar-refractivity contribution in [1.82, 2.24) is 0 Å². The van der Waals surface area contributed by atoms with Gasteiger partial charge in [-0.15, -0.1) is 0 Å². The second-order valence-corrected chi connectivity index (χ2v) is 5.90. The Bertz CT molecular complexity index is 388. The van der Waals surface area contributed by atoms with E-state index in [4.69, 9.17) is 17.3 Å². The third-order valence-corrected chi connectivity index (χ3v) is 3.74. The average Bonchev–Trinajstić information content (AvgIpc) is 2.35. The number of nitrogens with two attached hydrogens (primary N) is 1. The molecule has 0 aromatic heterocycles. The fourth-order valence-electron chi connectivity index (χ4n) is 2.23. The Labute approximate surface area is 122 Å². The van der Waals surface area contributed by atoms with Gasteiger partial charge in [0.05, 0.1) is 10.7 Å². The number of rotatable bonds is 7. The van der Waals surface area contributed by atoms with Crippen molar-refractivity contribution in [3.63, 3.8) is 0 Å². The van der Waals surface area contributed by atoms with Crippen LogP contribution in [0, 0.1) is 0 Å². The van der Waals surface area contributed by atoms with Gasteiger partial charge in [-0.1, -0.05) is 37.4 Å². The van der Waals surface area contributed by atoms with Crippen molar-refractivity contribution >= 4 is 17.3 Å². The molecule has 1 unspecified atom stereocenters. The zero-order valence-corrected chi connectivity index (χ0v) is 13.4. The van der Waals surface area contributed by atoms with Crippen LogP contribution < -0.4 is 10.6 Å². The highest BCUT2D eigenvalue weighted by Gasteiger charge is 2.14. The minimum atomic E-state index is 0.0270. The molecule has 1 aromatic carbocycles. The van der Waals surface area contributed by atoms with E-state index >= 15 is 0 Å². The van der Waals surface area contributed by atoms with Crippen molar-refractivity contribution in [2.45, 2.75) is 59.0 Å². The van der Waals surface area contributed by atoms with Gasteiger partial charge in [0.15, 0.2) is 0 Å². The molecule has 2 nitrogen and oxygen atoms in total. The van der Waals surface area contributed by atoms with E-state index in [9.17, 15) is 0 Å². The largest absolute Gasteiger partial charge is 0.368 e. The first-order valence-corrected chi connectivity index (χ1v) is 7.66. The van der Waals surface area contributed by atoms with Gasteiger partial charge in [-0.3, -0.25) is 0 Å². The molecule has 0 heterocycles. The van der Waals surface area contributed by atoms with Crippen LogP contribution in [0.2, 0.25) is 5.02 Å². The molecule has 2 N–H and O–H groups in total. The smallest absolute Gasteiger partial charge is 0.0642 e. The SMILES string of the molecule is CCCCCN(c1ccc(C(C)N)cc1Cl)C(C)C. The van der Waals surface area contributed by atoms with Crippen molar-refractivity contribution < 1.29 is 0 Å². The standard InChI is InChI=1S/C16H27ClN2/c1-5-6-7-10-19(12(2)3)16-9-8-14(13(4)18)11-15(16)17/h8-9,11-13H,5-7,10,18H2,1-4H3. The van der Waals surface area contributed by atoms with Gasteiger partial charge in [-0.2, -0.15) is 0 Å². The molecule has 1 atom stereocenters. The van der Waals surface area contributed by atoms with Gasteiger partial charge < -0.3 is 10.6 Å². The number of hydrogen-bond donors (Lipinski definition) is 1. The number of anilines is 1. The highest BCUT2D eigenvalue weighted by molar-refractivity contribution is 6.33. The molecule has 0 spiro atoms. The highest BCUT2D eigenvalue weighted by atomic mass is 35.5. The van der Waals surface area contributed by atoms with Crippen LogP contribution in [0.3, 0.4) is 0 Å². The summed E-state index contributed by atoms with van der Waals surface area (Å²) in [5, 5.41) is 0.806. The Hall–Kier alpha value is -0.730. The molecule has 0 aliphatic heterocycles. The van der Waals surface area contributed by atoms with Crippen molar-refractivity contribution in [2.75, 3.05) is 11.4 Å². The van der Waals surface area contributed by atoms with Crippen LogP contribution in [0.25, 0.3) is 0 Å². The van der Waals surface area contributed by atoms with Crippen molar-refractivity contribution in [2.24, 2.45) is 5.73 Å². The Morgan fingerprint density at radius 1 is 1.21 bits per heavy atom. The fraction of sp³-hybridized carbons (Fsp3) is 0.625. The molecular weight excluding hydrogens is 256 g/mol. The van der Waals surface area contributed by atoms with E-state index in [0.29, 0.717) is 6.04 Å². The summed E-state index contributed by atoms with van der Waals surface area (Å²) >= 11 is 6.43. The number of nitrogens with zero attached hydrogens (tertiary/aromatic N) is 1. The topological polar surface area (TPSA) is 29.3 Å². The Kier molecular flexibility index (Phi) is 6.67. The lowest BCUT2D eigenvalue weighted by molar-refractivity contribution is 0.626.